The molecule has 0 unspecified atom stereocenters. The molecule has 1 fully saturated rings. The zero-order valence-electron chi connectivity index (χ0n) is 24.1. The van der Waals surface area contributed by atoms with E-state index in [1.807, 2.05) is 66.8 Å². The van der Waals surface area contributed by atoms with E-state index >= 15 is 0 Å². The Bertz CT molecular complexity index is 1820. The SMILES string of the molecule is C=C/C=C\C=C(/C)c1cc(-c2ccccc2)nc(-c2cccc3oc4ccc(B5OC(C)(C)C(C)(C)O5)cc4c23)n1. The second-order valence-electron chi connectivity index (χ2n) is 11.4. The summed E-state index contributed by atoms with van der Waals surface area (Å²) in [5.74, 6) is 0.635. The number of benzene rings is 3. The van der Waals surface area contributed by atoms with Gasteiger partial charge >= 0.3 is 7.12 Å². The number of hydrogen-bond donors (Lipinski definition) is 0. The summed E-state index contributed by atoms with van der Waals surface area (Å²) in [6.07, 6.45) is 7.66. The van der Waals surface area contributed by atoms with Gasteiger partial charge in [0.2, 0.25) is 0 Å². The Morgan fingerprint density at radius 3 is 2.32 bits per heavy atom. The van der Waals surface area contributed by atoms with Crippen LogP contribution in [0, 0.1) is 0 Å². The van der Waals surface area contributed by atoms with Crippen LogP contribution in [0.5, 0.6) is 0 Å². The Morgan fingerprint density at radius 2 is 1.59 bits per heavy atom. The summed E-state index contributed by atoms with van der Waals surface area (Å²) in [5, 5.41) is 1.93. The van der Waals surface area contributed by atoms with Gasteiger partial charge in [-0.2, -0.15) is 0 Å². The first-order valence-corrected chi connectivity index (χ1v) is 13.9. The third-order valence-corrected chi connectivity index (χ3v) is 8.08. The summed E-state index contributed by atoms with van der Waals surface area (Å²) >= 11 is 0. The number of allylic oxidation sites excluding steroid dienone is 5. The second-order valence-corrected chi connectivity index (χ2v) is 11.4. The average Bonchev–Trinajstić information content (AvgIpc) is 3.45. The van der Waals surface area contributed by atoms with Crippen molar-refractivity contribution >= 4 is 40.1 Å². The van der Waals surface area contributed by atoms with Gasteiger partial charge in [-0.05, 0) is 63.9 Å². The first-order valence-electron chi connectivity index (χ1n) is 13.9. The minimum Gasteiger partial charge on any atom is -0.456 e. The van der Waals surface area contributed by atoms with E-state index in [0.717, 1.165) is 55.5 Å². The van der Waals surface area contributed by atoms with Gasteiger partial charge in [-0.15, -0.1) is 0 Å². The molecule has 3 aromatic carbocycles. The predicted octanol–water partition coefficient (Wildman–Crippen LogP) is 8.15. The monoisotopic (exact) mass is 540 g/mol. The van der Waals surface area contributed by atoms with Gasteiger partial charge in [-0.1, -0.05) is 85.5 Å². The summed E-state index contributed by atoms with van der Waals surface area (Å²) in [4.78, 5) is 10.1. The van der Waals surface area contributed by atoms with E-state index < -0.39 is 18.3 Å². The Balaban J connectivity index is 1.54. The van der Waals surface area contributed by atoms with Gasteiger partial charge in [0, 0.05) is 21.9 Å². The van der Waals surface area contributed by atoms with E-state index in [0.29, 0.717) is 5.82 Å². The highest BCUT2D eigenvalue weighted by molar-refractivity contribution is 6.62. The van der Waals surface area contributed by atoms with Crippen LogP contribution < -0.4 is 5.46 Å². The van der Waals surface area contributed by atoms with Crippen molar-refractivity contribution in [3.63, 3.8) is 0 Å². The summed E-state index contributed by atoms with van der Waals surface area (Å²) in [6.45, 7) is 14.1. The average molecular weight is 540 g/mol. The number of fused-ring (bicyclic) bond motifs is 3. The molecule has 5 nitrogen and oxygen atoms in total. The van der Waals surface area contributed by atoms with Crippen molar-refractivity contribution in [3.8, 4) is 22.6 Å². The first kappa shape index (κ1) is 26.9. The maximum Gasteiger partial charge on any atom is 0.494 e. The maximum absolute atomic E-state index is 6.35. The quantitative estimate of drug-likeness (QED) is 0.161. The lowest BCUT2D eigenvalue weighted by Gasteiger charge is -2.32. The lowest BCUT2D eigenvalue weighted by molar-refractivity contribution is 0.00578. The molecule has 5 aromatic rings. The van der Waals surface area contributed by atoms with Crippen LogP contribution in [0.25, 0.3) is 50.2 Å². The number of aromatic nitrogens is 2. The molecule has 0 saturated carbocycles. The fourth-order valence-corrected chi connectivity index (χ4v) is 5.05. The summed E-state index contributed by atoms with van der Waals surface area (Å²) < 4.78 is 19.0. The molecule has 6 rings (SSSR count). The van der Waals surface area contributed by atoms with Crippen molar-refractivity contribution in [2.45, 2.75) is 45.8 Å². The molecule has 1 aliphatic heterocycles. The molecule has 41 heavy (non-hydrogen) atoms. The van der Waals surface area contributed by atoms with Gasteiger partial charge in [0.05, 0.1) is 22.6 Å². The summed E-state index contributed by atoms with van der Waals surface area (Å²) in [5.41, 5.74) is 6.32. The minimum absolute atomic E-state index is 0.426. The Kier molecular flexibility index (Phi) is 6.76. The van der Waals surface area contributed by atoms with Crippen LogP contribution in [-0.2, 0) is 9.31 Å². The fraction of sp³-hybridized carbons (Fsp3) is 0.200. The van der Waals surface area contributed by atoms with Crippen molar-refractivity contribution in [1.82, 2.24) is 9.97 Å². The van der Waals surface area contributed by atoms with Crippen LogP contribution in [0.4, 0.5) is 0 Å². The standard InChI is InChI=1S/C35H33BN2O3/c1-7-8-10-14-23(2)28-22-29(24-15-11-9-12-16-24)38-33(37-28)26-17-13-18-31-32(26)27-21-25(19-20-30(27)39-31)36-40-34(3,4)35(5,6)41-36/h7-22H,1H2,2-6H3/b10-8-,23-14+. The Hall–Kier alpha value is -4.26. The van der Waals surface area contributed by atoms with E-state index in [4.69, 9.17) is 23.7 Å². The van der Waals surface area contributed by atoms with Crippen LogP contribution in [0.2, 0.25) is 0 Å². The minimum atomic E-state index is -0.470. The molecule has 6 heteroatoms. The molecular weight excluding hydrogens is 507 g/mol. The molecule has 0 spiro atoms. The van der Waals surface area contributed by atoms with Crippen LogP contribution in [0.1, 0.15) is 40.3 Å². The van der Waals surface area contributed by atoms with Crippen molar-refractivity contribution in [2.75, 3.05) is 0 Å². The molecule has 0 N–H and O–H groups in total. The highest BCUT2D eigenvalue weighted by Gasteiger charge is 2.51. The smallest absolute Gasteiger partial charge is 0.456 e. The molecular formula is C35H33BN2O3. The summed E-state index contributed by atoms with van der Waals surface area (Å²) in [6, 6.07) is 24.4. The zero-order valence-corrected chi connectivity index (χ0v) is 24.1. The molecule has 3 heterocycles. The highest BCUT2D eigenvalue weighted by atomic mass is 16.7. The van der Waals surface area contributed by atoms with E-state index in [9.17, 15) is 0 Å². The highest BCUT2D eigenvalue weighted by Crippen LogP contribution is 2.39. The van der Waals surface area contributed by atoms with Crippen LogP contribution in [0.3, 0.4) is 0 Å². The molecule has 204 valence electrons. The third-order valence-electron chi connectivity index (χ3n) is 8.08. The van der Waals surface area contributed by atoms with Gasteiger partial charge in [-0.25, -0.2) is 9.97 Å². The van der Waals surface area contributed by atoms with Crippen LogP contribution >= 0.6 is 0 Å². The third kappa shape index (κ3) is 4.94. The lowest BCUT2D eigenvalue weighted by atomic mass is 9.78. The van der Waals surface area contributed by atoms with Gasteiger partial charge in [0.15, 0.2) is 5.82 Å². The van der Waals surface area contributed by atoms with Crippen LogP contribution in [-0.4, -0.2) is 28.3 Å². The van der Waals surface area contributed by atoms with Gasteiger partial charge in [0.1, 0.15) is 11.2 Å². The number of rotatable bonds is 6. The molecule has 0 radical (unpaired) electrons. The predicted molar refractivity (Wildman–Crippen MR) is 169 cm³/mol. The van der Waals surface area contributed by atoms with Gasteiger partial charge in [0.25, 0.3) is 0 Å². The Labute approximate surface area is 241 Å². The molecule has 1 saturated heterocycles. The number of hydrogen-bond acceptors (Lipinski definition) is 5. The lowest BCUT2D eigenvalue weighted by Crippen LogP contribution is -2.41. The van der Waals surface area contributed by atoms with E-state index in [2.05, 4.69) is 65.5 Å². The topological polar surface area (TPSA) is 57.4 Å². The zero-order chi connectivity index (χ0) is 28.8. The normalized spacial score (nSPS) is 16.7. The molecule has 0 bridgehead atoms. The van der Waals surface area contributed by atoms with Gasteiger partial charge < -0.3 is 13.7 Å². The van der Waals surface area contributed by atoms with E-state index in [1.165, 1.54) is 0 Å². The summed E-state index contributed by atoms with van der Waals surface area (Å²) in [7, 11) is -0.470. The van der Waals surface area contributed by atoms with Crippen molar-refractivity contribution in [2.24, 2.45) is 0 Å². The van der Waals surface area contributed by atoms with E-state index in [-0.39, 0.29) is 0 Å². The second kappa shape index (κ2) is 10.3. The van der Waals surface area contributed by atoms with E-state index in [1.54, 1.807) is 6.08 Å². The van der Waals surface area contributed by atoms with Crippen molar-refractivity contribution < 1.29 is 13.7 Å². The molecule has 0 aliphatic carbocycles. The molecule has 2 aromatic heterocycles. The van der Waals surface area contributed by atoms with Crippen molar-refractivity contribution in [1.29, 1.82) is 0 Å². The largest absolute Gasteiger partial charge is 0.494 e. The fourth-order valence-electron chi connectivity index (χ4n) is 5.05. The first-order chi connectivity index (χ1) is 19.7. The number of furan rings is 1. The molecule has 1 aliphatic rings. The van der Waals surface area contributed by atoms with Gasteiger partial charge in [-0.3, -0.25) is 0 Å². The number of nitrogens with zero attached hydrogens (tertiary/aromatic N) is 2. The van der Waals surface area contributed by atoms with Crippen LogP contribution in [0.15, 0.2) is 108 Å². The molecule has 0 amide bonds. The van der Waals surface area contributed by atoms with Crippen molar-refractivity contribution in [3.05, 3.63) is 109 Å². The Morgan fingerprint density at radius 1 is 0.829 bits per heavy atom. The molecule has 0 atom stereocenters. The maximum atomic E-state index is 6.35.